The van der Waals surface area contributed by atoms with Gasteiger partial charge in [-0.15, -0.1) is 0 Å². The summed E-state index contributed by atoms with van der Waals surface area (Å²) >= 11 is 19.1. The molecule has 3 rings (SSSR count). The second-order valence-corrected chi connectivity index (χ2v) is 9.38. The highest BCUT2D eigenvalue weighted by Crippen LogP contribution is 2.42. The number of nitro groups is 1. The number of carbonyl (C=O) groups excluding carboxylic acids is 1. The quantitative estimate of drug-likeness (QED) is 0.181. The van der Waals surface area contributed by atoms with Crippen LogP contribution in [0.3, 0.4) is 0 Å². The lowest BCUT2D eigenvalue weighted by atomic mass is 10.2. The maximum atomic E-state index is 12.2. The Morgan fingerprint density at radius 2 is 2.06 bits per heavy atom. The molecule has 2 aromatic carbocycles. The molecule has 0 atom stereocenters. The molecule has 10 nitrogen and oxygen atoms in total. The Morgan fingerprint density at radius 3 is 2.71 bits per heavy atom. The van der Waals surface area contributed by atoms with Crippen LogP contribution in [-0.4, -0.2) is 33.7 Å². The first-order valence-electron chi connectivity index (χ1n) is 9.73. The second-order valence-electron chi connectivity index (χ2n) is 6.95. The van der Waals surface area contributed by atoms with Gasteiger partial charge in [0.1, 0.15) is 12.8 Å². The van der Waals surface area contributed by atoms with Crippen molar-refractivity contribution in [1.82, 2.24) is 15.0 Å². The number of aromatic nitrogens is 2. The van der Waals surface area contributed by atoms with E-state index in [-0.39, 0.29) is 19.0 Å². The normalized spacial score (nSPS) is 11.0. The number of methoxy groups -OCH3 is 1. The van der Waals surface area contributed by atoms with E-state index < -0.39 is 10.8 Å². The first-order chi connectivity index (χ1) is 16.6. The van der Waals surface area contributed by atoms with Crippen molar-refractivity contribution in [2.24, 2.45) is 5.10 Å². The van der Waals surface area contributed by atoms with Crippen LogP contribution >= 0.6 is 55.1 Å². The largest absolute Gasteiger partial charge is 0.493 e. The lowest BCUT2D eigenvalue weighted by Crippen LogP contribution is -2.24. The fourth-order valence-corrected chi connectivity index (χ4v) is 4.32. The zero-order valence-corrected chi connectivity index (χ0v) is 22.9. The molecule has 1 N–H and O–H groups in total. The molecule has 0 bridgehead atoms. The van der Waals surface area contributed by atoms with Gasteiger partial charge in [0, 0.05) is 32.6 Å². The van der Waals surface area contributed by atoms with E-state index in [9.17, 15) is 14.9 Å². The number of rotatable bonds is 9. The van der Waals surface area contributed by atoms with Crippen LogP contribution in [0.25, 0.3) is 0 Å². The van der Waals surface area contributed by atoms with Gasteiger partial charge in [-0.1, -0.05) is 29.3 Å². The molecule has 1 heterocycles. The molecule has 184 valence electrons. The van der Waals surface area contributed by atoms with Crippen molar-refractivity contribution < 1.29 is 19.2 Å². The van der Waals surface area contributed by atoms with Crippen LogP contribution < -0.4 is 14.9 Å². The van der Waals surface area contributed by atoms with E-state index in [0.717, 1.165) is 11.8 Å². The molecule has 0 aliphatic rings. The van der Waals surface area contributed by atoms with E-state index in [0.29, 0.717) is 41.9 Å². The third-order valence-electron chi connectivity index (χ3n) is 4.68. The average molecular weight is 650 g/mol. The number of hydrogen-bond donors (Lipinski definition) is 1. The molecule has 1 aromatic heterocycles. The van der Waals surface area contributed by atoms with E-state index in [2.05, 4.69) is 47.4 Å². The van der Waals surface area contributed by atoms with E-state index in [1.165, 1.54) is 17.9 Å². The second kappa shape index (κ2) is 11.8. The number of hydrogen-bond acceptors (Lipinski definition) is 7. The standard InChI is InChI=1S/C21H17Br2Cl2N5O5/c1-11-26-8-18(30(32)33)29(11)9-17(31)28-27-7-13-5-16(34-2)21(20(23)19(13)22)35-10-12-3-4-14(24)6-15(12)25/h3-8H,9-10H2,1-2H3,(H,28,31)/b27-7-. The number of nitrogens with zero attached hydrogens (tertiary/aromatic N) is 4. The van der Waals surface area contributed by atoms with Gasteiger partial charge >= 0.3 is 5.82 Å². The molecule has 0 saturated heterocycles. The fourth-order valence-electron chi connectivity index (χ4n) is 2.92. The number of nitrogens with one attached hydrogen (secondary N) is 1. The number of amides is 1. The molecule has 0 aliphatic heterocycles. The van der Waals surface area contributed by atoms with Crippen molar-refractivity contribution in [2.45, 2.75) is 20.1 Å². The Kier molecular flexibility index (Phi) is 9.11. The Balaban J connectivity index is 1.73. The summed E-state index contributed by atoms with van der Waals surface area (Å²) < 4.78 is 13.7. The SMILES string of the molecule is COc1cc(/C=N\NC(=O)Cn2c([N+](=O)[O-])cnc2C)c(Br)c(Br)c1OCc1ccc(Cl)cc1Cl. The number of aryl methyl sites for hydroxylation is 1. The molecule has 3 aromatic rings. The molecule has 14 heteroatoms. The van der Waals surface area contributed by atoms with Crippen LogP contribution in [0.15, 0.2) is 44.5 Å². The van der Waals surface area contributed by atoms with Gasteiger partial charge in [-0.3, -0.25) is 4.79 Å². The Labute approximate surface area is 226 Å². The predicted molar refractivity (Wildman–Crippen MR) is 139 cm³/mol. The minimum absolute atomic E-state index is 0.167. The summed E-state index contributed by atoms with van der Waals surface area (Å²) in [5.74, 6) is 0.320. The number of benzene rings is 2. The van der Waals surface area contributed by atoms with Crippen LogP contribution in [0, 0.1) is 17.0 Å². The fraction of sp³-hybridized carbons (Fsp3) is 0.190. The van der Waals surface area contributed by atoms with Crippen LogP contribution in [-0.2, 0) is 17.9 Å². The smallest absolute Gasteiger partial charge is 0.343 e. The highest BCUT2D eigenvalue weighted by Gasteiger charge is 2.20. The van der Waals surface area contributed by atoms with E-state index in [1.54, 1.807) is 31.2 Å². The Hall–Kier alpha value is -2.67. The van der Waals surface area contributed by atoms with Crippen molar-refractivity contribution in [3.05, 3.63) is 76.5 Å². The molecule has 0 spiro atoms. The minimum atomic E-state index is -0.609. The molecule has 0 fully saturated rings. The van der Waals surface area contributed by atoms with Gasteiger partial charge in [-0.05, 0) is 55.0 Å². The van der Waals surface area contributed by atoms with Crippen molar-refractivity contribution in [3.8, 4) is 11.5 Å². The highest BCUT2D eigenvalue weighted by molar-refractivity contribution is 9.13. The van der Waals surface area contributed by atoms with E-state index >= 15 is 0 Å². The molecular weight excluding hydrogens is 633 g/mol. The third-order valence-corrected chi connectivity index (χ3v) is 7.41. The van der Waals surface area contributed by atoms with Crippen molar-refractivity contribution in [1.29, 1.82) is 0 Å². The average Bonchev–Trinajstić information content (AvgIpc) is 3.17. The Bertz CT molecular complexity index is 1320. The number of ether oxygens (including phenoxy) is 2. The topological polar surface area (TPSA) is 121 Å². The van der Waals surface area contributed by atoms with Gasteiger partial charge in [0.25, 0.3) is 5.91 Å². The van der Waals surface area contributed by atoms with Crippen molar-refractivity contribution in [2.75, 3.05) is 7.11 Å². The monoisotopic (exact) mass is 647 g/mol. The molecule has 0 unspecified atom stereocenters. The summed E-state index contributed by atoms with van der Waals surface area (Å²) in [5.41, 5.74) is 3.65. The van der Waals surface area contributed by atoms with Crippen LogP contribution in [0.4, 0.5) is 5.82 Å². The maximum absolute atomic E-state index is 12.2. The van der Waals surface area contributed by atoms with Gasteiger partial charge in [-0.25, -0.2) is 15.0 Å². The number of halogens is 4. The summed E-state index contributed by atoms with van der Waals surface area (Å²) in [6.07, 6.45) is 2.49. The van der Waals surface area contributed by atoms with Crippen LogP contribution in [0.1, 0.15) is 17.0 Å². The zero-order valence-electron chi connectivity index (χ0n) is 18.2. The summed E-state index contributed by atoms with van der Waals surface area (Å²) in [6.45, 7) is 1.42. The van der Waals surface area contributed by atoms with Crippen molar-refractivity contribution in [3.63, 3.8) is 0 Å². The van der Waals surface area contributed by atoms with E-state index in [1.807, 2.05) is 0 Å². The third kappa shape index (κ3) is 6.51. The molecule has 0 aliphatic carbocycles. The molecule has 1 amide bonds. The van der Waals surface area contributed by atoms with Gasteiger partial charge in [0.15, 0.2) is 23.9 Å². The van der Waals surface area contributed by atoms with Gasteiger partial charge in [-0.2, -0.15) is 5.10 Å². The minimum Gasteiger partial charge on any atom is -0.493 e. The van der Waals surface area contributed by atoms with Crippen molar-refractivity contribution >= 4 is 73.0 Å². The molecule has 35 heavy (non-hydrogen) atoms. The van der Waals surface area contributed by atoms with Gasteiger partial charge in [0.2, 0.25) is 0 Å². The van der Waals surface area contributed by atoms with Crippen LogP contribution in [0.5, 0.6) is 11.5 Å². The number of hydrazone groups is 1. The zero-order chi connectivity index (χ0) is 25.7. The summed E-state index contributed by atoms with van der Waals surface area (Å²) in [6, 6.07) is 6.77. The molecule has 0 radical (unpaired) electrons. The lowest BCUT2D eigenvalue weighted by molar-refractivity contribution is -0.392. The summed E-state index contributed by atoms with van der Waals surface area (Å²) in [7, 11) is 1.49. The van der Waals surface area contributed by atoms with Gasteiger partial charge < -0.3 is 19.6 Å². The molecular formula is C21H17Br2Cl2N5O5. The summed E-state index contributed by atoms with van der Waals surface area (Å²) in [4.78, 5) is 26.6. The lowest BCUT2D eigenvalue weighted by Gasteiger charge is -2.16. The predicted octanol–water partition coefficient (Wildman–Crippen LogP) is 5.67. The first kappa shape index (κ1) is 26.9. The molecule has 0 saturated carbocycles. The van der Waals surface area contributed by atoms with Gasteiger partial charge in [0.05, 0.1) is 17.8 Å². The summed E-state index contributed by atoms with van der Waals surface area (Å²) in [5, 5.41) is 16.0. The first-order valence-corrected chi connectivity index (χ1v) is 12.1. The number of carbonyl (C=O) groups is 1. The number of imidazole rings is 1. The van der Waals surface area contributed by atoms with E-state index in [4.69, 9.17) is 32.7 Å². The van der Waals surface area contributed by atoms with Crippen LogP contribution in [0.2, 0.25) is 10.0 Å². The Morgan fingerprint density at radius 1 is 1.31 bits per heavy atom. The maximum Gasteiger partial charge on any atom is 0.343 e. The highest BCUT2D eigenvalue weighted by atomic mass is 79.9.